The van der Waals surface area contributed by atoms with Gasteiger partial charge < -0.3 is 19.8 Å². The summed E-state index contributed by atoms with van der Waals surface area (Å²) in [6, 6.07) is 1.45. The van der Waals surface area contributed by atoms with Crippen molar-refractivity contribution in [3.63, 3.8) is 0 Å². The first-order valence-corrected chi connectivity index (χ1v) is 9.19. The Bertz CT molecular complexity index is 910. The van der Waals surface area contributed by atoms with Gasteiger partial charge >= 0.3 is 6.18 Å². The van der Waals surface area contributed by atoms with Crippen LogP contribution in [0.3, 0.4) is 0 Å². The number of halogens is 4. The lowest BCUT2D eigenvalue weighted by atomic mass is 9.93. The van der Waals surface area contributed by atoms with Gasteiger partial charge in [0.15, 0.2) is 5.82 Å². The highest BCUT2D eigenvalue weighted by atomic mass is 35.5. The van der Waals surface area contributed by atoms with Crippen LogP contribution in [-0.2, 0) is 16.4 Å². The number of anilines is 2. The van der Waals surface area contributed by atoms with Crippen molar-refractivity contribution < 1.29 is 27.6 Å². The molecule has 0 saturated carbocycles. The van der Waals surface area contributed by atoms with Crippen LogP contribution in [0.5, 0.6) is 0 Å². The van der Waals surface area contributed by atoms with E-state index >= 15 is 0 Å². The van der Waals surface area contributed by atoms with Crippen LogP contribution in [0.4, 0.5) is 24.8 Å². The summed E-state index contributed by atoms with van der Waals surface area (Å²) in [7, 11) is 0. The third-order valence-corrected chi connectivity index (χ3v) is 4.78. The van der Waals surface area contributed by atoms with Gasteiger partial charge in [-0.15, -0.1) is 0 Å². The molecule has 1 aliphatic heterocycles. The number of β-amino-alcohol motifs (C(OH)–C–C–N with tert-alkyl or cyclic N) is 1. The summed E-state index contributed by atoms with van der Waals surface area (Å²) < 4.78 is 43.7. The van der Waals surface area contributed by atoms with Gasteiger partial charge in [0, 0.05) is 30.6 Å². The van der Waals surface area contributed by atoms with E-state index in [1.807, 2.05) is 20.8 Å². The van der Waals surface area contributed by atoms with Crippen molar-refractivity contribution in [3.8, 4) is 0 Å². The second-order valence-corrected chi connectivity index (χ2v) is 8.31. The molecule has 1 amide bonds. The van der Waals surface area contributed by atoms with E-state index in [4.69, 9.17) is 16.1 Å². The van der Waals surface area contributed by atoms with Gasteiger partial charge in [-0.2, -0.15) is 13.2 Å². The molecule has 2 N–H and O–H groups in total. The molecule has 0 unspecified atom stereocenters. The number of aliphatic hydroxyl groups excluding tert-OH is 1. The normalized spacial score (nSPS) is 20.2. The van der Waals surface area contributed by atoms with Gasteiger partial charge in [0.25, 0.3) is 0 Å². The smallest absolute Gasteiger partial charge is 0.391 e. The van der Waals surface area contributed by atoms with E-state index in [9.17, 15) is 23.1 Å². The molecular weight excluding hydrogens is 413 g/mol. The molecule has 29 heavy (non-hydrogen) atoms. The van der Waals surface area contributed by atoms with Gasteiger partial charge in [-0.1, -0.05) is 37.5 Å². The van der Waals surface area contributed by atoms with Gasteiger partial charge in [-0.05, 0) is 6.07 Å². The first-order valence-electron chi connectivity index (χ1n) is 8.82. The molecule has 0 radical (unpaired) electrons. The van der Waals surface area contributed by atoms with E-state index in [-0.39, 0.29) is 35.0 Å². The number of amides is 1. The number of hydrogen-bond acceptors (Lipinski definition) is 6. The van der Waals surface area contributed by atoms with Gasteiger partial charge in [0.2, 0.25) is 5.91 Å². The minimum atomic E-state index is -4.59. The molecule has 0 bridgehead atoms. The number of carbonyl (C=O) groups excluding carboxylic acids is 1. The van der Waals surface area contributed by atoms with Crippen molar-refractivity contribution in [1.82, 2.24) is 10.1 Å². The highest BCUT2D eigenvalue weighted by Crippen LogP contribution is 2.36. The Kier molecular flexibility index (Phi) is 5.52. The maximum atomic E-state index is 12.8. The van der Waals surface area contributed by atoms with Crippen molar-refractivity contribution in [2.75, 3.05) is 16.8 Å². The van der Waals surface area contributed by atoms with Crippen molar-refractivity contribution in [1.29, 1.82) is 0 Å². The first kappa shape index (κ1) is 21.4. The number of aromatic nitrogens is 2. The van der Waals surface area contributed by atoms with Crippen LogP contribution < -0.4 is 10.2 Å². The molecular formula is C18H20ClF3N4O3. The lowest BCUT2D eigenvalue weighted by Crippen LogP contribution is -2.40. The average molecular weight is 433 g/mol. The van der Waals surface area contributed by atoms with Gasteiger partial charge in [0.1, 0.15) is 17.6 Å². The van der Waals surface area contributed by atoms with Gasteiger partial charge in [-0.25, -0.2) is 4.98 Å². The summed E-state index contributed by atoms with van der Waals surface area (Å²) in [5.74, 6) is 0.260. The maximum Gasteiger partial charge on any atom is 0.417 e. The Balaban J connectivity index is 1.81. The number of carbonyl (C=O) groups is 1. The Hall–Kier alpha value is -2.33. The number of aliphatic hydroxyl groups is 1. The summed E-state index contributed by atoms with van der Waals surface area (Å²) in [6.45, 7) is 5.77. The Morgan fingerprint density at radius 2 is 2.03 bits per heavy atom. The minimum absolute atomic E-state index is 0.00221. The molecule has 1 aliphatic rings. The average Bonchev–Trinajstić information content (AvgIpc) is 3.20. The molecule has 2 aromatic rings. The van der Waals surface area contributed by atoms with E-state index in [0.717, 1.165) is 6.07 Å². The lowest BCUT2D eigenvalue weighted by molar-refractivity contribution is -0.137. The quantitative estimate of drug-likeness (QED) is 0.769. The molecule has 1 fully saturated rings. The van der Waals surface area contributed by atoms with E-state index in [1.165, 1.54) is 4.90 Å². The Morgan fingerprint density at radius 3 is 2.59 bits per heavy atom. The summed E-state index contributed by atoms with van der Waals surface area (Å²) in [5.41, 5.74) is -1.30. The van der Waals surface area contributed by atoms with Crippen LogP contribution >= 0.6 is 11.6 Å². The molecule has 7 nitrogen and oxygen atoms in total. The second kappa shape index (κ2) is 7.49. The number of pyridine rings is 1. The monoisotopic (exact) mass is 432 g/mol. The molecule has 3 heterocycles. The van der Waals surface area contributed by atoms with Crippen LogP contribution in [-0.4, -0.2) is 39.8 Å². The van der Waals surface area contributed by atoms with E-state index < -0.39 is 29.8 Å². The van der Waals surface area contributed by atoms with Crippen molar-refractivity contribution in [2.45, 2.75) is 50.9 Å². The maximum absolute atomic E-state index is 12.8. The number of rotatable bonds is 3. The summed E-state index contributed by atoms with van der Waals surface area (Å²) in [4.78, 5) is 17.9. The zero-order valence-corrected chi connectivity index (χ0v) is 16.7. The second-order valence-electron chi connectivity index (χ2n) is 7.90. The Morgan fingerprint density at radius 1 is 1.34 bits per heavy atom. The fraction of sp³-hybridized carbons (Fsp3) is 0.500. The summed E-state index contributed by atoms with van der Waals surface area (Å²) >= 11 is 6.00. The fourth-order valence-electron chi connectivity index (χ4n) is 2.99. The SMILES string of the molecule is CC(C)(C)c1cc(NC(=O)[C@@H]2C[C@@H](O)CN2c2ncc(C(F)(F)F)cc2Cl)no1. The zero-order valence-electron chi connectivity index (χ0n) is 15.9. The molecule has 1 saturated heterocycles. The standard InChI is InChI=1S/C18H20ClF3N4O3/c1-17(2,3)13-6-14(25-29-13)24-16(28)12-5-10(27)8-26(12)15-11(19)4-9(7-23-15)18(20,21)22/h4,6-7,10,12,27H,5,8H2,1-3H3,(H,24,25,28)/t10-,12+/m1/s1. The number of nitrogens with zero attached hydrogens (tertiary/aromatic N) is 3. The highest BCUT2D eigenvalue weighted by molar-refractivity contribution is 6.33. The topological polar surface area (TPSA) is 91.5 Å². The largest absolute Gasteiger partial charge is 0.417 e. The number of alkyl halides is 3. The number of hydrogen-bond donors (Lipinski definition) is 2. The van der Waals surface area contributed by atoms with E-state index in [0.29, 0.717) is 12.0 Å². The molecule has 2 atom stereocenters. The molecule has 0 spiro atoms. The Labute approximate surface area is 169 Å². The predicted octanol–water partition coefficient (Wildman–Crippen LogP) is 3.62. The third-order valence-electron chi connectivity index (χ3n) is 4.50. The molecule has 158 valence electrons. The molecule has 11 heteroatoms. The van der Waals surface area contributed by atoms with Crippen LogP contribution in [0.2, 0.25) is 5.02 Å². The first-order chi connectivity index (χ1) is 13.4. The number of nitrogens with one attached hydrogen (secondary N) is 1. The van der Waals surface area contributed by atoms with Gasteiger partial charge in [0.05, 0.1) is 16.7 Å². The molecule has 0 aliphatic carbocycles. The predicted molar refractivity (Wildman–Crippen MR) is 99.8 cm³/mol. The highest BCUT2D eigenvalue weighted by Gasteiger charge is 2.39. The van der Waals surface area contributed by atoms with Crippen molar-refractivity contribution in [3.05, 3.63) is 34.7 Å². The lowest BCUT2D eigenvalue weighted by Gasteiger charge is -2.25. The van der Waals surface area contributed by atoms with E-state index in [2.05, 4.69) is 15.5 Å². The van der Waals surface area contributed by atoms with Crippen LogP contribution in [0.15, 0.2) is 22.9 Å². The van der Waals surface area contributed by atoms with Crippen LogP contribution in [0, 0.1) is 0 Å². The minimum Gasteiger partial charge on any atom is -0.391 e. The summed E-state index contributed by atoms with van der Waals surface area (Å²) in [5, 5.41) is 16.2. The van der Waals surface area contributed by atoms with Crippen LogP contribution in [0.1, 0.15) is 38.5 Å². The van der Waals surface area contributed by atoms with Crippen molar-refractivity contribution in [2.24, 2.45) is 0 Å². The molecule has 2 aromatic heterocycles. The van der Waals surface area contributed by atoms with Gasteiger partial charge in [-0.3, -0.25) is 4.79 Å². The van der Waals surface area contributed by atoms with Crippen molar-refractivity contribution >= 4 is 29.1 Å². The third kappa shape index (κ3) is 4.64. The molecule has 0 aromatic carbocycles. The van der Waals surface area contributed by atoms with E-state index in [1.54, 1.807) is 6.07 Å². The summed E-state index contributed by atoms with van der Waals surface area (Å²) in [6.07, 6.45) is -4.75. The zero-order chi connectivity index (χ0) is 21.6. The van der Waals surface area contributed by atoms with Crippen LogP contribution in [0.25, 0.3) is 0 Å². The molecule has 3 rings (SSSR count). The fourth-order valence-corrected chi connectivity index (χ4v) is 3.27.